The number of rotatable bonds is 5. The number of aromatic nitrogens is 2. The summed E-state index contributed by atoms with van der Waals surface area (Å²) >= 11 is 0. The number of hydrogen-bond acceptors (Lipinski definition) is 5. The summed E-state index contributed by atoms with van der Waals surface area (Å²) in [6.07, 6.45) is 4.07. The molecule has 2 aromatic rings. The van der Waals surface area contributed by atoms with Gasteiger partial charge in [-0.1, -0.05) is 6.92 Å². The molecule has 2 heterocycles. The van der Waals surface area contributed by atoms with Crippen molar-refractivity contribution < 1.29 is 4.79 Å². The first-order valence-corrected chi connectivity index (χ1v) is 6.89. The molecule has 0 aliphatic heterocycles. The van der Waals surface area contributed by atoms with Crippen molar-refractivity contribution in [2.75, 3.05) is 16.9 Å². The molecule has 0 saturated heterocycles. The van der Waals surface area contributed by atoms with E-state index >= 15 is 0 Å². The first kappa shape index (κ1) is 14.9. The molecule has 0 unspecified atom stereocenters. The zero-order valence-corrected chi connectivity index (χ0v) is 12.2. The lowest BCUT2D eigenvalue weighted by Crippen LogP contribution is -2.31. The molecule has 3 N–H and O–H groups in total. The highest BCUT2D eigenvalue weighted by molar-refractivity contribution is 6.06. The lowest BCUT2D eigenvalue weighted by atomic mass is 10.1. The monoisotopic (exact) mass is 285 g/mol. The number of anilines is 2. The second kappa shape index (κ2) is 6.81. The molecule has 6 heteroatoms. The van der Waals surface area contributed by atoms with Crippen LogP contribution in [0.1, 0.15) is 29.9 Å². The van der Waals surface area contributed by atoms with Crippen LogP contribution >= 0.6 is 0 Å². The molecule has 0 fully saturated rings. The Hall–Kier alpha value is -2.47. The zero-order valence-electron chi connectivity index (χ0n) is 12.2. The van der Waals surface area contributed by atoms with Crippen LogP contribution in [0.25, 0.3) is 0 Å². The van der Waals surface area contributed by atoms with E-state index in [1.807, 2.05) is 26.0 Å². The summed E-state index contributed by atoms with van der Waals surface area (Å²) in [5.74, 6) is 5.82. The third-order valence-corrected chi connectivity index (χ3v) is 3.17. The fourth-order valence-corrected chi connectivity index (χ4v) is 2.09. The van der Waals surface area contributed by atoms with Crippen LogP contribution in [0.2, 0.25) is 0 Å². The van der Waals surface area contributed by atoms with Crippen LogP contribution < -0.4 is 16.2 Å². The molecule has 2 aromatic heterocycles. The van der Waals surface area contributed by atoms with Gasteiger partial charge in [0.2, 0.25) is 0 Å². The number of nitrogens with zero attached hydrogens (tertiary/aromatic N) is 3. The quantitative estimate of drug-likeness (QED) is 0.648. The molecule has 0 bridgehead atoms. The summed E-state index contributed by atoms with van der Waals surface area (Å²) in [5, 5.41) is 0. The van der Waals surface area contributed by atoms with E-state index in [9.17, 15) is 4.79 Å². The number of nitrogens with one attached hydrogen (secondary N) is 1. The third-order valence-electron chi connectivity index (χ3n) is 3.17. The van der Waals surface area contributed by atoms with Gasteiger partial charge in [0.1, 0.15) is 5.82 Å². The fourth-order valence-electron chi connectivity index (χ4n) is 2.09. The Labute approximate surface area is 124 Å². The summed E-state index contributed by atoms with van der Waals surface area (Å²) in [4.78, 5) is 22.7. The van der Waals surface area contributed by atoms with Gasteiger partial charge in [-0.2, -0.15) is 0 Å². The molecule has 0 spiro atoms. The van der Waals surface area contributed by atoms with E-state index in [-0.39, 0.29) is 5.91 Å². The minimum absolute atomic E-state index is 0.0858. The van der Waals surface area contributed by atoms with Gasteiger partial charge in [0.15, 0.2) is 0 Å². The number of hydrogen-bond donors (Lipinski definition) is 2. The molecular formula is C15H19N5O. The molecule has 2 rings (SSSR count). The Bertz CT molecular complexity index is 592. The van der Waals surface area contributed by atoms with E-state index in [2.05, 4.69) is 15.4 Å². The predicted molar refractivity (Wildman–Crippen MR) is 83.0 cm³/mol. The molecule has 0 aliphatic carbocycles. The Kier molecular flexibility index (Phi) is 4.84. The van der Waals surface area contributed by atoms with Crippen molar-refractivity contribution in [2.24, 2.45) is 5.84 Å². The van der Waals surface area contributed by atoms with E-state index in [0.29, 0.717) is 17.9 Å². The lowest BCUT2D eigenvalue weighted by Gasteiger charge is -2.21. The summed E-state index contributed by atoms with van der Waals surface area (Å²) in [6, 6.07) is 7.08. The number of hydrazine groups is 1. The first-order valence-electron chi connectivity index (χ1n) is 6.89. The van der Waals surface area contributed by atoms with Crippen LogP contribution in [0.3, 0.4) is 0 Å². The van der Waals surface area contributed by atoms with Gasteiger partial charge in [0, 0.05) is 35.9 Å². The molecule has 0 radical (unpaired) electrons. The van der Waals surface area contributed by atoms with Crippen molar-refractivity contribution in [3.05, 3.63) is 47.9 Å². The standard InChI is InChI=1S/C15H19N5O/c1-3-12-9-11(10-14(18-12)19-16)15(21)20(4-2)13-5-7-17-8-6-13/h5-10H,3-4,16H2,1-2H3,(H,18,19). The maximum atomic E-state index is 12.7. The van der Waals surface area contributed by atoms with Gasteiger partial charge < -0.3 is 10.3 Å². The number of nitrogen functional groups attached to an aromatic ring is 1. The van der Waals surface area contributed by atoms with E-state index in [0.717, 1.165) is 17.8 Å². The van der Waals surface area contributed by atoms with Crippen molar-refractivity contribution in [1.29, 1.82) is 0 Å². The molecular weight excluding hydrogens is 266 g/mol. The van der Waals surface area contributed by atoms with Crippen molar-refractivity contribution in [2.45, 2.75) is 20.3 Å². The number of carbonyl (C=O) groups excluding carboxylic acids is 1. The predicted octanol–water partition coefficient (Wildman–Crippen LogP) is 1.99. The highest BCUT2D eigenvalue weighted by Crippen LogP contribution is 2.18. The van der Waals surface area contributed by atoms with E-state index in [1.165, 1.54) is 0 Å². The second-order valence-corrected chi connectivity index (χ2v) is 4.49. The Balaban J connectivity index is 2.38. The summed E-state index contributed by atoms with van der Waals surface area (Å²) in [6.45, 7) is 4.48. The number of nitrogens with two attached hydrogens (primary N) is 1. The van der Waals surface area contributed by atoms with Gasteiger partial charge in [0.05, 0.1) is 0 Å². The van der Waals surface area contributed by atoms with Crippen LogP contribution in [0.4, 0.5) is 11.5 Å². The summed E-state index contributed by atoms with van der Waals surface area (Å²) < 4.78 is 0. The zero-order chi connectivity index (χ0) is 15.2. The minimum Gasteiger partial charge on any atom is -0.309 e. The van der Waals surface area contributed by atoms with Crippen LogP contribution in [-0.2, 0) is 6.42 Å². The van der Waals surface area contributed by atoms with Crippen molar-refractivity contribution in [3.8, 4) is 0 Å². The van der Waals surface area contributed by atoms with Gasteiger partial charge in [0.25, 0.3) is 5.91 Å². The van der Waals surface area contributed by atoms with Crippen molar-refractivity contribution in [3.63, 3.8) is 0 Å². The van der Waals surface area contributed by atoms with Crippen molar-refractivity contribution in [1.82, 2.24) is 9.97 Å². The molecule has 110 valence electrons. The molecule has 0 atom stereocenters. The first-order chi connectivity index (χ1) is 10.2. The van der Waals surface area contributed by atoms with E-state index < -0.39 is 0 Å². The summed E-state index contributed by atoms with van der Waals surface area (Å²) in [7, 11) is 0. The lowest BCUT2D eigenvalue weighted by molar-refractivity contribution is 0.0988. The molecule has 1 amide bonds. The average molecular weight is 285 g/mol. The Morgan fingerprint density at radius 1 is 1.29 bits per heavy atom. The molecule has 0 aromatic carbocycles. The molecule has 0 aliphatic rings. The number of amides is 1. The van der Waals surface area contributed by atoms with Crippen LogP contribution in [0.15, 0.2) is 36.7 Å². The fraction of sp³-hybridized carbons (Fsp3) is 0.267. The van der Waals surface area contributed by atoms with Gasteiger partial charge in [-0.15, -0.1) is 0 Å². The van der Waals surface area contributed by atoms with Crippen LogP contribution in [0.5, 0.6) is 0 Å². The smallest absolute Gasteiger partial charge is 0.258 e. The largest absolute Gasteiger partial charge is 0.309 e. The van der Waals surface area contributed by atoms with Gasteiger partial charge in [-0.25, -0.2) is 10.8 Å². The Morgan fingerprint density at radius 3 is 2.57 bits per heavy atom. The normalized spacial score (nSPS) is 10.2. The number of pyridine rings is 2. The van der Waals surface area contributed by atoms with Crippen LogP contribution in [-0.4, -0.2) is 22.4 Å². The highest BCUT2D eigenvalue weighted by atomic mass is 16.2. The SMILES string of the molecule is CCc1cc(C(=O)N(CC)c2ccncc2)cc(NN)n1. The van der Waals surface area contributed by atoms with Gasteiger partial charge in [-0.3, -0.25) is 9.78 Å². The molecule has 6 nitrogen and oxygen atoms in total. The maximum Gasteiger partial charge on any atom is 0.258 e. The minimum atomic E-state index is -0.0858. The third kappa shape index (κ3) is 3.35. The van der Waals surface area contributed by atoms with Crippen molar-refractivity contribution >= 4 is 17.4 Å². The number of carbonyl (C=O) groups is 1. The topological polar surface area (TPSA) is 84.1 Å². The van der Waals surface area contributed by atoms with Gasteiger partial charge in [-0.05, 0) is 37.6 Å². The highest BCUT2D eigenvalue weighted by Gasteiger charge is 2.17. The van der Waals surface area contributed by atoms with Gasteiger partial charge >= 0.3 is 0 Å². The number of aryl methyl sites for hydroxylation is 1. The maximum absolute atomic E-state index is 12.7. The second-order valence-electron chi connectivity index (χ2n) is 4.49. The Morgan fingerprint density at radius 2 is 2.00 bits per heavy atom. The van der Waals surface area contributed by atoms with Crippen LogP contribution in [0, 0.1) is 0 Å². The van der Waals surface area contributed by atoms with E-state index in [1.54, 1.807) is 29.4 Å². The van der Waals surface area contributed by atoms with E-state index in [4.69, 9.17) is 5.84 Å². The molecule has 0 saturated carbocycles. The molecule has 21 heavy (non-hydrogen) atoms. The summed E-state index contributed by atoms with van der Waals surface area (Å²) in [5.41, 5.74) is 4.70. The average Bonchev–Trinajstić information content (AvgIpc) is 2.55.